The van der Waals surface area contributed by atoms with Crippen LogP contribution in [0.5, 0.6) is 0 Å². The first kappa shape index (κ1) is 13.1. The zero-order chi connectivity index (χ0) is 12.0. The first-order chi connectivity index (χ1) is 7.69. The molecule has 88 valence electrons. The molecule has 0 unspecified atom stereocenters. The summed E-state index contributed by atoms with van der Waals surface area (Å²) in [7, 11) is 1.59. The van der Waals surface area contributed by atoms with Gasteiger partial charge in [-0.1, -0.05) is 0 Å². The first-order valence-corrected chi connectivity index (χ1v) is 5.43. The van der Waals surface area contributed by atoms with Crippen molar-refractivity contribution in [2.45, 2.75) is 0 Å². The first-order valence-electron chi connectivity index (χ1n) is 4.64. The van der Waals surface area contributed by atoms with Crippen molar-refractivity contribution in [2.75, 3.05) is 20.3 Å². The number of hydrogen-bond acceptors (Lipinski definition) is 3. The Kier molecular flexibility index (Phi) is 5.37. The SMILES string of the molecule is COCCN=C(NN)c1ccc(Br)c(F)c1. The molecule has 1 aromatic carbocycles. The fourth-order valence-corrected chi connectivity index (χ4v) is 1.36. The van der Waals surface area contributed by atoms with E-state index in [4.69, 9.17) is 10.6 Å². The van der Waals surface area contributed by atoms with E-state index >= 15 is 0 Å². The maximum absolute atomic E-state index is 13.3. The van der Waals surface area contributed by atoms with Gasteiger partial charge in [-0.2, -0.15) is 0 Å². The van der Waals surface area contributed by atoms with Crippen molar-refractivity contribution in [3.8, 4) is 0 Å². The minimum absolute atomic E-state index is 0.354. The normalized spacial score (nSPS) is 11.6. The van der Waals surface area contributed by atoms with E-state index < -0.39 is 0 Å². The molecule has 0 saturated carbocycles. The quantitative estimate of drug-likeness (QED) is 0.290. The lowest BCUT2D eigenvalue weighted by Crippen LogP contribution is -2.31. The molecule has 0 saturated heterocycles. The third-order valence-electron chi connectivity index (χ3n) is 1.90. The molecule has 0 spiro atoms. The second-order valence-electron chi connectivity index (χ2n) is 3.00. The van der Waals surface area contributed by atoms with Crippen molar-refractivity contribution in [2.24, 2.45) is 10.8 Å². The number of nitrogens with one attached hydrogen (secondary N) is 1. The molecule has 0 aromatic heterocycles. The van der Waals surface area contributed by atoms with Gasteiger partial charge in [-0.15, -0.1) is 0 Å². The molecule has 3 N–H and O–H groups in total. The molecule has 0 aliphatic rings. The molecule has 4 nitrogen and oxygen atoms in total. The monoisotopic (exact) mass is 289 g/mol. The Hall–Kier alpha value is -0.980. The molecule has 0 radical (unpaired) electrons. The van der Waals surface area contributed by atoms with Gasteiger partial charge >= 0.3 is 0 Å². The van der Waals surface area contributed by atoms with Crippen LogP contribution in [0.15, 0.2) is 27.7 Å². The van der Waals surface area contributed by atoms with Gasteiger partial charge in [0.15, 0.2) is 0 Å². The summed E-state index contributed by atoms with van der Waals surface area (Å²) in [6.07, 6.45) is 0. The number of benzene rings is 1. The van der Waals surface area contributed by atoms with Crippen molar-refractivity contribution in [1.29, 1.82) is 0 Å². The summed E-state index contributed by atoms with van der Waals surface area (Å²) in [5, 5.41) is 0. The number of hydrogen-bond donors (Lipinski definition) is 2. The Morgan fingerprint density at radius 2 is 2.38 bits per heavy atom. The topological polar surface area (TPSA) is 59.6 Å². The molecule has 0 heterocycles. The van der Waals surface area contributed by atoms with Crippen LogP contribution in [0.25, 0.3) is 0 Å². The van der Waals surface area contributed by atoms with Crippen LogP contribution in [0, 0.1) is 5.82 Å². The lowest BCUT2D eigenvalue weighted by atomic mass is 10.2. The van der Waals surface area contributed by atoms with Crippen molar-refractivity contribution >= 4 is 21.8 Å². The molecule has 0 amide bonds. The number of nitrogens with two attached hydrogens (primary N) is 1. The molecule has 1 rings (SSSR count). The summed E-state index contributed by atoms with van der Waals surface area (Å²) >= 11 is 3.08. The summed E-state index contributed by atoms with van der Waals surface area (Å²) in [5.74, 6) is 5.40. The third kappa shape index (κ3) is 3.55. The van der Waals surface area contributed by atoms with Crippen molar-refractivity contribution in [3.63, 3.8) is 0 Å². The number of aliphatic imine (C=N–C) groups is 1. The van der Waals surface area contributed by atoms with E-state index in [2.05, 4.69) is 26.3 Å². The highest BCUT2D eigenvalue weighted by Gasteiger charge is 2.05. The van der Waals surface area contributed by atoms with Crippen LogP contribution in [-0.4, -0.2) is 26.1 Å². The summed E-state index contributed by atoms with van der Waals surface area (Å²) in [6.45, 7) is 0.956. The van der Waals surface area contributed by atoms with Crippen LogP contribution in [0.3, 0.4) is 0 Å². The molecule has 6 heteroatoms. The number of hydrazine groups is 1. The standard InChI is InChI=1S/C10H13BrFN3O/c1-16-5-4-14-10(15-13)7-2-3-8(11)9(12)6-7/h2-3,6H,4-5,13H2,1H3,(H,14,15). The zero-order valence-electron chi connectivity index (χ0n) is 8.84. The number of halogens is 2. The molecule has 0 aliphatic heterocycles. The predicted octanol–water partition coefficient (Wildman–Crippen LogP) is 1.44. The van der Waals surface area contributed by atoms with E-state index in [1.54, 1.807) is 19.2 Å². The van der Waals surface area contributed by atoms with Crippen LogP contribution >= 0.6 is 15.9 Å². The largest absolute Gasteiger partial charge is 0.383 e. The van der Waals surface area contributed by atoms with Crippen LogP contribution in [0.2, 0.25) is 0 Å². The average molecular weight is 290 g/mol. The second-order valence-corrected chi connectivity index (χ2v) is 3.85. The summed E-state index contributed by atoms with van der Waals surface area (Å²) in [5.41, 5.74) is 3.03. The van der Waals surface area contributed by atoms with Crippen molar-refractivity contribution in [1.82, 2.24) is 5.43 Å². The fourth-order valence-electron chi connectivity index (χ4n) is 1.11. The summed E-state index contributed by atoms with van der Waals surface area (Å²) in [4.78, 5) is 4.15. The van der Waals surface area contributed by atoms with Gasteiger partial charge in [0.1, 0.15) is 11.7 Å². The smallest absolute Gasteiger partial charge is 0.142 e. The lowest BCUT2D eigenvalue weighted by molar-refractivity contribution is 0.208. The maximum Gasteiger partial charge on any atom is 0.142 e. The molecule has 16 heavy (non-hydrogen) atoms. The molecule has 0 aliphatic carbocycles. The van der Waals surface area contributed by atoms with E-state index in [1.165, 1.54) is 6.07 Å². The van der Waals surface area contributed by atoms with Gasteiger partial charge in [0.25, 0.3) is 0 Å². The van der Waals surface area contributed by atoms with Crippen molar-refractivity contribution in [3.05, 3.63) is 34.1 Å². The number of nitrogens with zero attached hydrogens (tertiary/aromatic N) is 1. The Morgan fingerprint density at radius 1 is 1.62 bits per heavy atom. The Labute approximate surface area is 102 Å². The van der Waals surface area contributed by atoms with Gasteiger partial charge in [0.05, 0.1) is 17.6 Å². The highest BCUT2D eigenvalue weighted by Crippen LogP contribution is 2.16. The van der Waals surface area contributed by atoms with Gasteiger partial charge in [-0.05, 0) is 34.1 Å². The molecular weight excluding hydrogens is 277 g/mol. The predicted molar refractivity (Wildman–Crippen MR) is 64.7 cm³/mol. The molecular formula is C10H13BrFN3O. The van der Waals surface area contributed by atoms with E-state index in [0.717, 1.165) is 0 Å². The van der Waals surface area contributed by atoms with Gasteiger partial charge < -0.3 is 10.2 Å². The molecule has 0 atom stereocenters. The van der Waals surface area contributed by atoms with Gasteiger partial charge in [-0.3, -0.25) is 4.99 Å². The van der Waals surface area contributed by atoms with Crippen LogP contribution in [0.4, 0.5) is 4.39 Å². The lowest BCUT2D eigenvalue weighted by Gasteiger charge is -2.06. The van der Waals surface area contributed by atoms with Crippen molar-refractivity contribution < 1.29 is 9.13 Å². The van der Waals surface area contributed by atoms with E-state index in [1.807, 2.05) is 0 Å². The van der Waals surface area contributed by atoms with Gasteiger partial charge in [0.2, 0.25) is 0 Å². The third-order valence-corrected chi connectivity index (χ3v) is 2.54. The summed E-state index contributed by atoms with van der Waals surface area (Å²) in [6, 6.07) is 4.68. The second kappa shape index (κ2) is 6.57. The highest BCUT2D eigenvalue weighted by molar-refractivity contribution is 9.10. The van der Waals surface area contributed by atoms with Crippen LogP contribution in [-0.2, 0) is 4.74 Å². The average Bonchev–Trinajstić information content (AvgIpc) is 2.29. The highest BCUT2D eigenvalue weighted by atomic mass is 79.9. The number of rotatable bonds is 4. The minimum atomic E-state index is -0.354. The van der Waals surface area contributed by atoms with E-state index in [9.17, 15) is 4.39 Å². The number of amidine groups is 1. The van der Waals surface area contributed by atoms with Gasteiger partial charge in [-0.25, -0.2) is 10.2 Å². The Morgan fingerprint density at radius 3 is 2.94 bits per heavy atom. The minimum Gasteiger partial charge on any atom is -0.383 e. The van der Waals surface area contributed by atoms with Gasteiger partial charge in [0, 0.05) is 12.7 Å². The van der Waals surface area contributed by atoms with E-state index in [0.29, 0.717) is 29.0 Å². The fraction of sp³-hybridized carbons (Fsp3) is 0.300. The molecule has 0 fully saturated rings. The molecule has 1 aromatic rings. The maximum atomic E-state index is 13.3. The Balaban J connectivity index is 2.86. The Bertz CT molecular complexity index is 384. The zero-order valence-corrected chi connectivity index (χ0v) is 10.4. The number of methoxy groups -OCH3 is 1. The van der Waals surface area contributed by atoms with Crippen LogP contribution < -0.4 is 11.3 Å². The van der Waals surface area contributed by atoms with E-state index in [-0.39, 0.29) is 5.82 Å². The summed E-state index contributed by atoms with van der Waals surface area (Å²) < 4.78 is 18.5. The molecule has 0 bridgehead atoms. The number of ether oxygens (including phenoxy) is 1. The van der Waals surface area contributed by atoms with Crippen LogP contribution in [0.1, 0.15) is 5.56 Å².